The van der Waals surface area contributed by atoms with E-state index in [-0.39, 0.29) is 0 Å². The molecule has 13 heavy (non-hydrogen) atoms. The van der Waals surface area contributed by atoms with Crippen LogP contribution >= 0.6 is 0 Å². The van der Waals surface area contributed by atoms with Gasteiger partial charge in [-0.2, -0.15) is 0 Å². The van der Waals surface area contributed by atoms with Gasteiger partial charge in [0.05, 0.1) is 12.7 Å². The molecule has 0 amide bonds. The number of ether oxygens (including phenoxy) is 1. The minimum absolute atomic E-state index is 0.582. The van der Waals surface area contributed by atoms with Gasteiger partial charge in [-0.25, -0.2) is 0 Å². The van der Waals surface area contributed by atoms with E-state index in [1.807, 2.05) is 0 Å². The van der Waals surface area contributed by atoms with Gasteiger partial charge in [-0.1, -0.05) is 13.3 Å². The fraction of sp³-hybridized carbons (Fsp3) is 1.00. The third kappa shape index (κ3) is 2.96. The van der Waals surface area contributed by atoms with Crippen LogP contribution in [0.1, 0.15) is 32.6 Å². The minimum Gasteiger partial charge on any atom is -0.372 e. The molecule has 0 aliphatic carbocycles. The third-order valence-corrected chi connectivity index (χ3v) is 3.38. The van der Waals surface area contributed by atoms with Crippen LogP contribution in [-0.4, -0.2) is 37.2 Å². The van der Waals surface area contributed by atoms with Crippen molar-refractivity contribution >= 4 is 0 Å². The van der Waals surface area contributed by atoms with E-state index in [4.69, 9.17) is 4.74 Å². The molecule has 2 unspecified atom stereocenters. The number of hydrogen-bond acceptors (Lipinski definition) is 2. The molecule has 2 nitrogen and oxygen atoms in total. The highest BCUT2D eigenvalue weighted by molar-refractivity contribution is 4.77. The molecule has 2 aliphatic rings. The highest BCUT2D eigenvalue weighted by atomic mass is 16.6. The molecule has 2 rings (SSSR count). The second-order valence-corrected chi connectivity index (χ2v) is 4.46. The van der Waals surface area contributed by atoms with E-state index >= 15 is 0 Å². The largest absolute Gasteiger partial charge is 0.372 e. The van der Waals surface area contributed by atoms with Gasteiger partial charge in [-0.05, 0) is 38.3 Å². The van der Waals surface area contributed by atoms with E-state index in [0.29, 0.717) is 6.10 Å². The van der Waals surface area contributed by atoms with Crippen molar-refractivity contribution in [3.63, 3.8) is 0 Å². The zero-order chi connectivity index (χ0) is 9.10. The van der Waals surface area contributed by atoms with Gasteiger partial charge in [0.25, 0.3) is 0 Å². The molecule has 0 aromatic rings. The zero-order valence-corrected chi connectivity index (χ0v) is 8.67. The molecule has 0 bridgehead atoms. The summed E-state index contributed by atoms with van der Waals surface area (Å²) >= 11 is 0. The topological polar surface area (TPSA) is 15.8 Å². The first kappa shape index (κ1) is 9.47. The van der Waals surface area contributed by atoms with Crippen LogP contribution in [0.15, 0.2) is 0 Å². The summed E-state index contributed by atoms with van der Waals surface area (Å²) in [4.78, 5) is 2.59. The number of epoxide rings is 1. The van der Waals surface area contributed by atoms with Crippen LogP contribution in [0.25, 0.3) is 0 Å². The quantitative estimate of drug-likeness (QED) is 0.621. The summed E-state index contributed by atoms with van der Waals surface area (Å²) in [5, 5.41) is 0. The maximum absolute atomic E-state index is 5.26. The van der Waals surface area contributed by atoms with Gasteiger partial charge in [0, 0.05) is 6.54 Å². The minimum atomic E-state index is 0.582. The van der Waals surface area contributed by atoms with Crippen molar-refractivity contribution in [2.24, 2.45) is 5.92 Å². The van der Waals surface area contributed by atoms with Gasteiger partial charge >= 0.3 is 0 Å². The fourth-order valence-corrected chi connectivity index (χ4v) is 2.28. The molecule has 76 valence electrons. The highest BCUT2D eigenvalue weighted by Gasteiger charge is 2.26. The summed E-state index contributed by atoms with van der Waals surface area (Å²) in [6.07, 6.45) is 6.19. The lowest BCUT2D eigenvalue weighted by Crippen LogP contribution is -2.28. The normalized spacial score (nSPS) is 35.8. The molecule has 2 heterocycles. The van der Waals surface area contributed by atoms with Crippen molar-refractivity contribution in [3.05, 3.63) is 0 Å². The van der Waals surface area contributed by atoms with Crippen LogP contribution in [0.5, 0.6) is 0 Å². The Bertz CT molecular complexity index is 156. The second-order valence-electron chi connectivity index (χ2n) is 4.46. The SMILES string of the molecule is CCC1CCCN(CC2CO2)CC1. The summed E-state index contributed by atoms with van der Waals surface area (Å²) in [5.74, 6) is 0.991. The molecule has 0 spiro atoms. The van der Waals surface area contributed by atoms with E-state index in [1.165, 1.54) is 45.3 Å². The van der Waals surface area contributed by atoms with Crippen molar-refractivity contribution in [2.75, 3.05) is 26.2 Å². The predicted octanol–water partition coefficient (Wildman–Crippen LogP) is 1.90. The average molecular weight is 183 g/mol. The monoisotopic (exact) mass is 183 g/mol. The Hall–Kier alpha value is -0.0800. The average Bonchev–Trinajstić information content (AvgIpc) is 2.93. The lowest BCUT2D eigenvalue weighted by molar-refractivity contribution is 0.247. The summed E-state index contributed by atoms with van der Waals surface area (Å²) in [5.41, 5.74) is 0. The van der Waals surface area contributed by atoms with Crippen LogP contribution in [0.3, 0.4) is 0 Å². The van der Waals surface area contributed by atoms with Crippen molar-refractivity contribution in [1.29, 1.82) is 0 Å². The molecule has 2 atom stereocenters. The third-order valence-electron chi connectivity index (χ3n) is 3.38. The summed E-state index contributed by atoms with van der Waals surface area (Å²) in [6.45, 7) is 7.13. The Morgan fingerprint density at radius 2 is 2.15 bits per heavy atom. The molecule has 0 N–H and O–H groups in total. The van der Waals surface area contributed by atoms with Crippen LogP contribution in [0.2, 0.25) is 0 Å². The molecular formula is C11H21NO. The first-order chi connectivity index (χ1) is 6.38. The van der Waals surface area contributed by atoms with Crippen molar-refractivity contribution in [2.45, 2.75) is 38.7 Å². The summed E-state index contributed by atoms with van der Waals surface area (Å²) in [6, 6.07) is 0. The molecule has 0 saturated carbocycles. The van der Waals surface area contributed by atoms with Gasteiger partial charge < -0.3 is 9.64 Å². The van der Waals surface area contributed by atoms with Gasteiger partial charge in [0.15, 0.2) is 0 Å². The highest BCUT2D eigenvalue weighted by Crippen LogP contribution is 2.21. The standard InChI is InChI=1S/C11H21NO/c1-2-10-4-3-6-12(7-5-10)8-11-9-13-11/h10-11H,2-9H2,1H3. The molecule has 2 fully saturated rings. The summed E-state index contributed by atoms with van der Waals surface area (Å²) < 4.78 is 5.26. The number of likely N-dealkylation sites (tertiary alicyclic amines) is 1. The van der Waals surface area contributed by atoms with E-state index in [1.54, 1.807) is 0 Å². The second kappa shape index (κ2) is 4.43. The molecule has 0 aromatic carbocycles. The molecule has 0 radical (unpaired) electrons. The van der Waals surface area contributed by atoms with Crippen LogP contribution in [0.4, 0.5) is 0 Å². The molecular weight excluding hydrogens is 162 g/mol. The smallest absolute Gasteiger partial charge is 0.0936 e. The van der Waals surface area contributed by atoms with Crippen molar-refractivity contribution < 1.29 is 4.74 Å². The van der Waals surface area contributed by atoms with E-state index in [0.717, 1.165) is 12.5 Å². The van der Waals surface area contributed by atoms with E-state index in [9.17, 15) is 0 Å². The van der Waals surface area contributed by atoms with Crippen LogP contribution in [-0.2, 0) is 4.74 Å². The predicted molar refractivity (Wildman–Crippen MR) is 53.8 cm³/mol. The zero-order valence-electron chi connectivity index (χ0n) is 8.67. The van der Waals surface area contributed by atoms with Crippen LogP contribution < -0.4 is 0 Å². The molecule has 2 heteroatoms. The van der Waals surface area contributed by atoms with Gasteiger partial charge in [-0.3, -0.25) is 0 Å². The lowest BCUT2D eigenvalue weighted by atomic mass is 9.98. The van der Waals surface area contributed by atoms with Gasteiger partial charge in [0.2, 0.25) is 0 Å². The van der Waals surface area contributed by atoms with Gasteiger partial charge in [-0.15, -0.1) is 0 Å². The van der Waals surface area contributed by atoms with Crippen molar-refractivity contribution in [1.82, 2.24) is 4.90 Å². The van der Waals surface area contributed by atoms with Crippen molar-refractivity contribution in [3.8, 4) is 0 Å². The first-order valence-corrected chi connectivity index (χ1v) is 5.72. The number of rotatable bonds is 3. The molecule has 2 aliphatic heterocycles. The van der Waals surface area contributed by atoms with E-state index < -0.39 is 0 Å². The Balaban J connectivity index is 1.72. The number of hydrogen-bond donors (Lipinski definition) is 0. The summed E-state index contributed by atoms with van der Waals surface area (Å²) in [7, 11) is 0. The number of nitrogens with zero attached hydrogens (tertiary/aromatic N) is 1. The Labute approximate surface area is 81.3 Å². The Morgan fingerprint density at radius 1 is 1.31 bits per heavy atom. The van der Waals surface area contributed by atoms with Crippen LogP contribution in [0, 0.1) is 5.92 Å². The molecule has 2 saturated heterocycles. The Kier molecular flexibility index (Phi) is 3.23. The van der Waals surface area contributed by atoms with Gasteiger partial charge in [0.1, 0.15) is 0 Å². The van der Waals surface area contributed by atoms with E-state index in [2.05, 4.69) is 11.8 Å². The maximum Gasteiger partial charge on any atom is 0.0936 e. The molecule has 0 aromatic heterocycles. The Morgan fingerprint density at radius 3 is 2.85 bits per heavy atom. The first-order valence-electron chi connectivity index (χ1n) is 5.72. The fourth-order valence-electron chi connectivity index (χ4n) is 2.28. The maximum atomic E-state index is 5.26. The lowest BCUT2D eigenvalue weighted by Gasteiger charge is -2.18.